The Hall–Kier alpha value is -9.29. The fourth-order valence-electron chi connectivity index (χ4n) is 10.0. The van der Waals surface area contributed by atoms with Crippen LogP contribution in [0.25, 0.3) is 0 Å². The molecule has 0 saturated carbocycles. The first kappa shape index (κ1) is 88.7. The van der Waals surface area contributed by atoms with Crippen LogP contribution in [-0.4, -0.2) is 242 Å². The maximum Gasteiger partial charge on any atom is 0.243 e. The van der Waals surface area contributed by atoms with E-state index < -0.39 is 138 Å². The molecule has 1 rings (SSSR count). The minimum absolute atomic E-state index is 0.00759. The SMILES string of the molecule is CSC[C@H](NC(=O)[C@H](CCCN=C(N)N)NC(=O)[C@H](CCCCN)NC(=O)[C@H](CCCCN)NC(=O)[C@H](CCCN=C(N)N)NC(=O)[C@H](CCCN=C(N)N)NC(=O)[C@H](CCCN=C(N)N)NC(=O)[C@H](C)NC(=O)[C@H](CCCN=C(N)N)NC(=O)[C@@H]1CCCN1C(=O)[C@@H](N)[C@@H](C)O)C(N)=O. The summed E-state index contributed by atoms with van der Waals surface area (Å²) in [4.78, 5) is 175. The number of aliphatic hydroxyl groups excluding tert-OH is 1. The number of thioether (sulfide) groups is 1. The topological polar surface area (TPSA) is 746 Å². The molecule has 0 aromatic rings. The van der Waals surface area contributed by atoms with E-state index in [9.17, 15) is 57.8 Å². The molecule has 0 radical (unpaired) electrons. The fourth-order valence-corrected chi connectivity index (χ4v) is 10.6. The van der Waals surface area contributed by atoms with Crippen molar-refractivity contribution in [1.82, 2.24) is 52.8 Å². The summed E-state index contributed by atoms with van der Waals surface area (Å²) in [7, 11) is 0. The molecular weight excluding hydrogens is 1330 g/mol. The van der Waals surface area contributed by atoms with Crippen LogP contribution >= 0.6 is 11.8 Å². The number of primary amides is 1. The second-order valence-corrected chi connectivity index (χ2v) is 24.8. The number of rotatable bonds is 51. The predicted molar refractivity (Wildman–Crippen MR) is 380 cm³/mol. The Labute approximate surface area is 586 Å². The number of hydrogen-bond acceptors (Lipinski definition) is 21. The summed E-state index contributed by atoms with van der Waals surface area (Å²) in [5.74, 6) is -10.3. The van der Waals surface area contributed by atoms with Crippen molar-refractivity contribution < 1.29 is 57.8 Å². The Morgan fingerprint density at radius 2 is 0.700 bits per heavy atom. The molecule has 568 valence electrons. The summed E-state index contributed by atoms with van der Waals surface area (Å²) in [6, 6.07) is -14.7. The smallest absolute Gasteiger partial charge is 0.243 e. The number of hydrogen-bond donors (Lipinski definition) is 24. The number of aliphatic imine (C=N–C) groups is 5. The van der Waals surface area contributed by atoms with Crippen molar-refractivity contribution in [1.29, 1.82) is 0 Å². The largest absolute Gasteiger partial charge is 0.391 e. The molecule has 1 heterocycles. The molecule has 0 aromatic heterocycles. The molecule has 1 fully saturated rings. The highest BCUT2D eigenvalue weighted by Crippen LogP contribution is 2.20. The molecule has 0 bridgehead atoms. The van der Waals surface area contributed by atoms with Crippen molar-refractivity contribution in [3.8, 4) is 0 Å². The van der Waals surface area contributed by atoms with Crippen molar-refractivity contribution >= 4 is 107 Å². The average molecular weight is 1440 g/mol. The third kappa shape index (κ3) is 36.5. The summed E-state index contributed by atoms with van der Waals surface area (Å²) >= 11 is 1.24. The van der Waals surface area contributed by atoms with E-state index in [2.05, 4.69) is 72.8 Å². The Kier molecular flexibility index (Phi) is 43.7. The second kappa shape index (κ2) is 49.3. The van der Waals surface area contributed by atoms with Gasteiger partial charge < -0.3 is 138 Å². The maximum absolute atomic E-state index is 14.7. The van der Waals surface area contributed by atoms with Gasteiger partial charge in [0.15, 0.2) is 29.8 Å². The molecule has 11 amide bonds. The summed E-state index contributed by atoms with van der Waals surface area (Å²) in [6.07, 6.45) is 2.41. The van der Waals surface area contributed by atoms with Crippen molar-refractivity contribution in [3.05, 3.63) is 0 Å². The minimum atomic E-state index is -1.51. The van der Waals surface area contributed by atoms with Gasteiger partial charge in [-0.15, -0.1) is 0 Å². The van der Waals surface area contributed by atoms with Crippen LogP contribution in [-0.2, 0) is 52.7 Å². The van der Waals surface area contributed by atoms with Crippen LogP contribution < -0.4 is 128 Å². The van der Waals surface area contributed by atoms with Crippen LogP contribution in [0.2, 0.25) is 0 Å². The van der Waals surface area contributed by atoms with Gasteiger partial charge in [-0.3, -0.25) is 77.7 Å². The second-order valence-electron chi connectivity index (χ2n) is 23.8. The zero-order valence-electron chi connectivity index (χ0n) is 57.6. The maximum atomic E-state index is 14.7. The number of unbranched alkanes of at least 4 members (excludes halogenated alkanes) is 2. The zero-order chi connectivity index (χ0) is 75.4. The molecular formula is C58H113N29O12S. The Morgan fingerprint density at radius 1 is 0.420 bits per heavy atom. The lowest BCUT2D eigenvalue weighted by molar-refractivity contribution is -0.142. The van der Waals surface area contributed by atoms with Gasteiger partial charge in [-0.05, 0) is 149 Å². The van der Waals surface area contributed by atoms with Crippen LogP contribution in [0.1, 0.15) is 129 Å². The van der Waals surface area contributed by atoms with E-state index in [0.717, 1.165) is 0 Å². The third-order valence-corrected chi connectivity index (χ3v) is 16.1. The van der Waals surface area contributed by atoms with E-state index in [1.807, 2.05) is 0 Å². The lowest BCUT2D eigenvalue weighted by Crippen LogP contribution is -2.60. The van der Waals surface area contributed by atoms with Crippen LogP contribution in [0.15, 0.2) is 25.0 Å². The highest BCUT2D eigenvalue weighted by Gasteiger charge is 2.40. The molecule has 100 heavy (non-hydrogen) atoms. The number of aliphatic hydroxyl groups is 1. The van der Waals surface area contributed by atoms with Gasteiger partial charge in [0.2, 0.25) is 65.0 Å². The van der Waals surface area contributed by atoms with Crippen molar-refractivity contribution in [2.24, 2.45) is 105 Å². The molecule has 1 saturated heterocycles. The zero-order valence-corrected chi connectivity index (χ0v) is 58.4. The van der Waals surface area contributed by atoms with Gasteiger partial charge >= 0.3 is 0 Å². The number of likely N-dealkylation sites (tertiary alicyclic amines) is 1. The molecule has 1 aliphatic rings. The standard InChI is InChI=1S/C58H113N29O12S/c1-31(78-45(91)35(16-8-24-73-54(63)64)85-52(98)41-21-13-29-87(41)53(99)42(61)32(2)88)44(90)79-36(17-9-25-74-55(65)66)48(94)82-38(19-11-27-76-57(69)70)50(96)83-37(18-10-26-75-56(67)68)49(95)81-33(14-4-6-22-59)46(92)80-34(15-5-7-23-60)47(93)84-39(20-12-28-77-58(71)72)51(97)86-40(30-100-3)43(62)89/h31-42,88H,4-30,59-61H2,1-3H3,(H2,62,89)(H,78,91)(H,79,90)(H,80,92)(H,81,95)(H,82,94)(H,83,96)(H,84,93)(H,85,98)(H,86,97)(H4,63,64,73)(H4,65,66,74)(H4,67,68,75)(H4,69,70,76)(H4,71,72,77)/t31-,32+,33-,34-,35-,36-,37-,38-,39-,40-,41-,42-/m0/s1. The van der Waals surface area contributed by atoms with E-state index in [4.69, 9.17) is 80.3 Å². The summed E-state index contributed by atoms with van der Waals surface area (Å²) in [5.41, 5.74) is 78.7. The van der Waals surface area contributed by atoms with Gasteiger partial charge in [0, 0.05) is 45.0 Å². The summed E-state index contributed by atoms with van der Waals surface area (Å²) < 4.78 is 0. The Bertz CT molecular complexity index is 2780. The van der Waals surface area contributed by atoms with E-state index in [-0.39, 0.29) is 178 Å². The predicted octanol–water partition coefficient (Wildman–Crippen LogP) is -10.6. The third-order valence-electron chi connectivity index (χ3n) is 15.4. The minimum Gasteiger partial charge on any atom is -0.391 e. The van der Waals surface area contributed by atoms with Crippen LogP contribution in [0.4, 0.5) is 0 Å². The number of amides is 11. The van der Waals surface area contributed by atoms with Crippen molar-refractivity contribution in [2.45, 2.75) is 202 Å². The van der Waals surface area contributed by atoms with E-state index in [0.29, 0.717) is 25.7 Å². The lowest BCUT2D eigenvalue weighted by Gasteiger charge is -2.29. The Morgan fingerprint density at radius 3 is 0.980 bits per heavy atom. The summed E-state index contributed by atoms with van der Waals surface area (Å²) in [5, 5.41) is 33.8. The van der Waals surface area contributed by atoms with Crippen molar-refractivity contribution in [2.75, 3.05) is 64.4 Å². The molecule has 0 unspecified atom stereocenters. The van der Waals surface area contributed by atoms with Gasteiger partial charge in [0.1, 0.15) is 66.5 Å². The van der Waals surface area contributed by atoms with Crippen LogP contribution in [0, 0.1) is 0 Å². The van der Waals surface area contributed by atoms with Crippen LogP contribution in [0.5, 0.6) is 0 Å². The van der Waals surface area contributed by atoms with Gasteiger partial charge in [0.25, 0.3) is 0 Å². The van der Waals surface area contributed by atoms with Gasteiger partial charge in [0.05, 0.1) is 6.10 Å². The normalized spacial score (nSPS) is 15.8. The van der Waals surface area contributed by atoms with E-state index in [1.165, 1.54) is 30.5 Å². The van der Waals surface area contributed by atoms with Gasteiger partial charge in [-0.1, -0.05) is 0 Å². The molecule has 41 nitrogen and oxygen atoms in total. The van der Waals surface area contributed by atoms with Gasteiger partial charge in [-0.25, -0.2) is 0 Å². The molecule has 12 atom stereocenters. The first-order chi connectivity index (χ1) is 47.3. The first-order valence-corrected chi connectivity index (χ1v) is 34.6. The highest BCUT2D eigenvalue weighted by molar-refractivity contribution is 7.98. The molecule has 0 aliphatic carbocycles. The number of carbonyl (C=O) groups excluding carboxylic acids is 11. The lowest BCUT2D eigenvalue weighted by atomic mass is 10.0. The van der Waals surface area contributed by atoms with E-state index in [1.54, 1.807) is 6.26 Å². The molecule has 38 N–H and O–H groups in total. The quantitative estimate of drug-likeness (QED) is 0.0153. The van der Waals surface area contributed by atoms with Gasteiger partial charge in [-0.2, -0.15) is 11.8 Å². The molecule has 1 aliphatic heterocycles. The van der Waals surface area contributed by atoms with Crippen LogP contribution in [0.3, 0.4) is 0 Å². The number of nitrogens with one attached hydrogen (secondary N) is 9. The summed E-state index contributed by atoms with van der Waals surface area (Å²) in [6.45, 7) is 3.22. The number of nitrogens with zero attached hydrogens (tertiary/aromatic N) is 6. The molecule has 0 spiro atoms. The number of nitrogens with two attached hydrogens (primary N) is 14. The fraction of sp³-hybridized carbons (Fsp3) is 0.724. The number of carbonyl (C=O) groups is 11. The Balaban J connectivity index is 3.81. The average Bonchev–Trinajstić information content (AvgIpc) is 1.66. The number of guanidine groups is 5. The monoisotopic (exact) mass is 1440 g/mol. The molecule has 0 aromatic carbocycles. The first-order valence-electron chi connectivity index (χ1n) is 33.2. The van der Waals surface area contributed by atoms with Crippen molar-refractivity contribution in [3.63, 3.8) is 0 Å². The van der Waals surface area contributed by atoms with E-state index >= 15 is 0 Å². The highest BCUT2D eigenvalue weighted by atomic mass is 32.2. The molecule has 42 heteroatoms.